The molecular formula is C16H23NO4S3. The van der Waals surface area contributed by atoms with Crippen LogP contribution >= 0.6 is 23.5 Å². The lowest BCUT2D eigenvalue weighted by atomic mass is 10.0. The van der Waals surface area contributed by atoms with Crippen molar-refractivity contribution >= 4 is 43.8 Å². The standard InChI is InChI=1S/C16H23NO4S3/c1-5-16(10-22-13(3)18,11-23-14(4)19)17-24(20,21)15-8-6-12(2)7-9-15/h6-9,17H,5,10-11H2,1-4H3. The van der Waals surface area contributed by atoms with Crippen LogP contribution in [0.2, 0.25) is 0 Å². The van der Waals surface area contributed by atoms with E-state index in [2.05, 4.69) is 4.72 Å². The molecule has 0 unspecified atom stereocenters. The number of sulfonamides is 1. The number of hydrogen-bond donors (Lipinski definition) is 1. The van der Waals surface area contributed by atoms with Gasteiger partial charge in [0.25, 0.3) is 0 Å². The van der Waals surface area contributed by atoms with Crippen molar-refractivity contribution in [1.82, 2.24) is 4.72 Å². The Balaban J connectivity index is 3.10. The number of thioether (sulfide) groups is 2. The SMILES string of the molecule is CCC(CSC(C)=O)(CSC(C)=O)NS(=O)(=O)c1ccc(C)cc1. The zero-order chi connectivity index (χ0) is 18.4. The fourth-order valence-corrected chi connectivity index (χ4v) is 5.42. The summed E-state index contributed by atoms with van der Waals surface area (Å²) in [7, 11) is -3.74. The van der Waals surface area contributed by atoms with Crippen LogP contribution in [0.1, 0.15) is 32.8 Å². The van der Waals surface area contributed by atoms with Gasteiger partial charge in [-0.15, -0.1) is 0 Å². The van der Waals surface area contributed by atoms with E-state index in [0.717, 1.165) is 29.1 Å². The Kier molecular flexibility index (Phi) is 7.98. The molecule has 0 amide bonds. The van der Waals surface area contributed by atoms with Gasteiger partial charge in [0.1, 0.15) is 0 Å². The quantitative estimate of drug-likeness (QED) is 0.736. The number of benzene rings is 1. The second-order valence-electron chi connectivity index (χ2n) is 5.61. The molecule has 0 fully saturated rings. The number of aryl methyl sites for hydroxylation is 1. The van der Waals surface area contributed by atoms with E-state index in [4.69, 9.17) is 0 Å². The molecular weight excluding hydrogens is 366 g/mol. The van der Waals surface area contributed by atoms with Crippen LogP contribution in [-0.4, -0.2) is 35.7 Å². The summed E-state index contributed by atoms with van der Waals surface area (Å²) in [5, 5.41) is -0.176. The lowest BCUT2D eigenvalue weighted by Crippen LogP contribution is -2.52. The van der Waals surface area contributed by atoms with Crippen molar-refractivity contribution in [3.8, 4) is 0 Å². The Morgan fingerprint density at radius 1 is 1.04 bits per heavy atom. The fraction of sp³-hybridized carbons (Fsp3) is 0.500. The first-order valence-corrected chi connectivity index (χ1v) is 10.9. The first-order chi connectivity index (χ1) is 11.1. The van der Waals surface area contributed by atoms with Gasteiger partial charge < -0.3 is 0 Å². The molecule has 0 aromatic heterocycles. The summed E-state index contributed by atoms with van der Waals surface area (Å²) in [6.07, 6.45) is 0.471. The summed E-state index contributed by atoms with van der Waals surface area (Å²) in [6.45, 7) is 6.61. The van der Waals surface area contributed by atoms with Gasteiger partial charge in [-0.1, -0.05) is 48.1 Å². The summed E-state index contributed by atoms with van der Waals surface area (Å²) in [6, 6.07) is 6.57. The van der Waals surface area contributed by atoms with E-state index in [1.807, 2.05) is 13.8 Å². The van der Waals surface area contributed by atoms with Crippen LogP contribution in [0.5, 0.6) is 0 Å². The van der Waals surface area contributed by atoms with Crippen LogP contribution in [0.4, 0.5) is 0 Å². The summed E-state index contributed by atoms with van der Waals surface area (Å²) in [5.74, 6) is 0.564. The average molecular weight is 390 g/mol. The van der Waals surface area contributed by atoms with E-state index in [1.165, 1.54) is 13.8 Å². The summed E-state index contributed by atoms with van der Waals surface area (Å²) in [5.41, 5.74) is 0.103. The lowest BCUT2D eigenvalue weighted by Gasteiger charge is -2.32. The van der Waals surface area contributed by atoms with Crippen molar-refractivity contribution < 1.29 is 18.0 Å². The zero-order valence-electron chi connectivity index (χ0n) is 14.3. The molecule has 1 aromatic rings. The van der Waals surface area contributed by atoms with Crippen LogP contribution in [-0.2, 0) is 19.6 Å². The lowest BCUT2D eigenvalue weighted by molar-refractivity contribution is -0.109. The van der Waals surface area contributed by atoms with E-state index in [1.54, 1.807) is 24.3 Å². The molecule has 1 N–H and O–H groups in total. The molecule has 1 rings (SSSR count). The molecule has 0 aliphatic rings. The average Bonchev–Trinajstić information content (AvgIpc) is 2.50. The highest BCUT2D eigenvalue weighted by atomic mass is 32.2. The highest BCUT2D eigenvalue weighted by Crippen LogP contribution is 2.26. The topological polar surface area (TPSA) is 80.3 Å². The van der Waals surface area contributed by atoms with Gasteiger partial charge in [-0.2, -0.15) is 0 Å². The molecule has 0 heterocycles. The maximum absolute atomic E-state index is 12.7. The molecule has 0 atom stereocenters. The van der Waals surface area contributed by atoms with Crippen molar-refractivity contribution in [3.05, 3.63) is 29.8 Å². The van der Waals surface area contributed by atoms with Gasteiger partial charge in [0.15, 0.2) is 10.2 Å². The second kappa shape index (κ2) is 9.03. The number of nitrogens with one attached hydrogen (secondary N) is 1. The molecule has 0 spiro atoms. The van der Waals surface area contributed by atoms with Crippen molar-refractivity contribution in [2.45, 2.75) is 44.6 Å². The van der Waals surface area contributed by atoms with Crippen molar-refractivity contribution in [1.29, 1.82) is 0 Å². The van der Waals surface area contributed by atoms with E-state index >= 15 is 0 Å². The smallest absolute Gasteiger partial charge is 0.241 e. The summed E-state index contributed by atoms with van der Waals surface area (Å²) in [4.78, 5) is 22.8. The van der Waals surface area contributed by atoms with Crippen LogP contribution < -0.4 is 4.72 Å². The van der Waals surface area contributed by atoms with Crippen LogP contribution in [0.25, 0.3) is 0 Å². The molecule has 0 saturated carbocycles. The predicted octanol–water partition coefficient (Wildman–Crippen LogP) is 2.98. The maximum Gasteiger partial charge on any atom is 0.241 e. The van der Waals surface area contributed by atoms with E-state index in [9.17, 15) is 18.0 Å². The molecule has 0 radical (unpaired) electrons. The molecule has 8 heteroatoms. The first-order valence-electron chi connectivity index (χ1n) is 7.47. The molecule has 0 aliphatic heterocycles. The minimum Gasteiger partial charge on any atom is -0.288 e. The van der Waals surface area contributed by atoms with E-state index < -0.39 is 15.6 Å². The van der Waals surface area contributed by atoms with Gasteiger partial charge in [0.2, 0.25) is 10.0 Å². The number of carbonyl (C=O) groups is 2. The third-order valence-corrected chi connectivity index (χ3v) is 7.26. The fourth-order valence-electron chi connectivity index (χ4n) is 1.92. The van der Waals surface area contributed by atoms with E-state index in [-0.39, 0.29) is 26.6 Å². The van der Waals surface area contributed by atoms with Crippen molar-refractivity contribution in [2.75, 3.05) is 11.5 Å². The summed E-state index contributed by atoms with van der Waals surface area (Å²) < 4.78 is 28.1. The van der Waals surface area contributed by atoms with Gasteiger partial charge in [0.05, 0.1) is 10.4 Å². The normalized spacial score (nSPS) is 12.2. The van der Waals surface area contributed by atoms with Gasteiger partial charge >= 0.3 is 0 Å². The van der Waals surface area contributed by atoms with E-state index in [0.29, 0.717) is 6.42 Å². The number of carbonyl (C=O) groups excluding carboxylic acids is 2. The molecule has 1 aromatic carbocycles. The highest BCUT2D eigenvalue weighted by molar-refractivity contribution is 8.14. The molecule has 0 aliphatic carbocycles. The molecule has 0 bridgehead atoms. The Hall–Kier alpha value is -0.830. The maximum atomic E-state index is 12.7. The molecule has 0 saturated heterocycles. The predicted molar refractivity (Wildman–Crippen MR) is 101 cm³/mol. The summed E-state index contributed by atoms with van der Waals surface area (Å²) >= 11 is 2.12. The van der Waals surface area contributed by atoms with Gasteiger partial charge in [-0.05, 0) is 25.5 Å². The largest absolute Gasteiger partial charge is 0.288 e. The van der Waals surface area contributed by atoms with Crippen LogP contribution in [0.15, 0.2) is 29.2 Å². The third-order valence-electron chi connectivity index (χ3n) is 3.46. The van der Waals surface area contributed by atoms with Gasteiger partial charge in [-0.25, -0.2) is 13.1 Å². The van der Waals surface area contributed by atoms with Crippen LogP contribution in [0, 0.1) is 6.92 Å². The molecule has 24 heavy (non-hydrogen) atoms. The monoisotopic (exact) mass is 389 g/mol. The van der Waals surface area contributed by atoms with Gasteiger partial charge in [0, 0.05) is 25.4 Å². The first kappa shape index (κ1) is 21.2. The zero-order valence-corrected chi connectivity index (χ0v) is 16.7. The second-order valence-corrected chi connectivity index (χ2v) is 9.60. The highest BCUT2D eigenvalue weighted by Gasteiger charge is 2.34. The molecule has 134 valence electrons. The Bertz CT molecular complexity index is 666. The Morgan fingerprint density at radius 3 is 1.88 bits per heavy atom. The minimum absolute atomic E-state index is 0.0878. The minimum atomic E-state index is -3.74. The Labute approximate surface area is 152 Å². The van der Waals surface area contributed by atoms with Crippen LogP contribution in [0.3, 0.4) is 0 Å². The van der Waals surface area contributed by atoms with Gasteiger partial charge in [-0.3, -0.25) is 9.59 Å². The molecule has 5 nitrogen and oxygen atoms in total. The third kappa shape index (κ3) is 6.58. The van der Waals surface area contributed by atoms with Crippen molar-refractivity contribution in [3.63, 3.8) is 0 Å². The Morgan fingerprint density at radius 2 is 1.50 bits per heavy atom. The number of hydrogen-bond acceptors (Lipinski definition) is 6. The number of rotatable bonds is 8. The van der Waals surface area contributed by atoms with Crippen molar-refractivity contribution in [2.24, 2.45) is 0 Å².